The lowest BCUT2D eigenvalue weighted by Crippen LogP contribution is -2.24. The lowest BCUT2D eigenvalue weighted by molar-refractivity contribution is 0.134. The molecule has 0 saturated heterocycles. The molecule has 0 saturated carbocycles. The van der Waals surface area contributed by atoms with Crippen molar-refractivity contribution in [1.82, 2.24) is 0 Å². The molecule has 1 heterocycles. The Morgan fingerprint density at radius 2 is 2.00 bits per heavy atom. The topological polar surface area (TPSA) is 29.5 Å². The maximum atomic E-state index is 9.78. The van der Waals surface area contributed by atoms with Gasteiger partial charge >= 0.3 is 0 Å². The van der Waals surface area contributed by atoms with Crippen LogP contribution in [0.4, 0.5) is 0 Å². The fraction of sp³-hybridized carbons (Fsp3) is 0.400. The van der Waals surface area contributed by atoms with Crippen LogP contribution in [0.15, 0.2) is 15.0 Å². The maximum absolute atomic E-state index is 9.78. The molecule has 0 aliphatic carbocycles. The molecular weight excluding hydrogens is 312 g/mol. The third-order valence-electron chi connectivity index (χ3n) is 2.24. The third kappa shape index (κ3) is 1.54. The van der Waals surface area contributed by atoms with E-state index in [9.17, 15) is 5.11 Å². The Bertz CT molecular complexity index is 400. The number of phenols is 1. The summed E-state index contributed by atoms with van der Waals surface area (Å²) in [5.41, 5.74) is 0.805. The lowest BCUT2D eigenvalue weighted by Gasteiger charge is -2.17. The number of fused-ring (bicyclic) bond motifs is 1. The normalized spacial score (nSPS) is 17.7. The van der Waals surface area contributed by atoms with Gasteiger partial charge in [-0.15, -0.1) is 0 Å². The summed E-state index contributed by atoms with van der Waals surface area (Å²) < 4.78 is 7.31. The van der Waals surface area contributed by atoms with Gasteiger partial charge in [-0.3, -0.25) is 0 Å². The van der Waals surface area contributed by atoms with E-state index < -0.39 is 0 Å². The van der Waals surface area contributed by atoms with Crippen LogP contribution in [0.2, 0.25) is 0 Å². The summed E-state index contributed by atoms with van der Waals surface area (Å²) >= 11 is 6.74. The van der Waals surface area contributed by atoms with Crippen molar-refractivity contribution >= 4 is 31.9 Å². The Labute approximate surface area is 99.5 Å². The van der Waals surface area contributed by atoms with Gasteiger partial charge < -0.3 is 9.84 Å². The van der Waals surface area contributed by atoms with Crippen molar-refractivity contribution in [2.24, 2.45) is 0 Å². The van der Waals surface area contributed by atoms with E-state index in [0.29, 0.717) is 10.2 Å². The van der Waals surface area contributed by atoms with E-state index in [4.69, 9.17) is 4.74 Å². The summed E-state index contributed by atoms with van der Waals surface area (Å²) in [5.74, 6) is 0.782. The van der Waals surface area contributed by atoms with E-state index in [1.807, 2.05) is 19.9 Å². The molecule has 1 aromatic rings. The van der Waals surface area contributed by atoms with E-state index >= 15 is 0 Å². The predicted octanol–water partition coefficient (Wildman–Crippen LogP) is 3.63. The number of rotatable bonds is 0. The van der Waals surface area contributed by atoms with Crippen molar-refractivity contribution in [3.63, 3.8) is 0 Å². The van der Waals surface area contributed by atoms with Gasteiger partial charge in [-0.25, -0.2) is 0 Å². The minimum Gasteiger partial charge on any atom is -0.503 e. The van der Waals surface area contributed by atoms with Gasteiger partial charge in [0, 0.05) is 16.5 Å². The fourth-order valence-electron chi connectivity index (χ4n) is 1.64. The second kappa shape index (κ2) is 3.14. The predicted molar refractivity (Wildman–Crippen MR) is 61.9 cm³/mol. The molecule has 0 spiro atoms. The second-order valence-corrected chi connectivity index (χ2v) is 5.74. The number of halogens is 2. The van der Waals surface area contributed by atoms with Crippen LogP contribution in [-0.2, 0) is 6.42 Å². The highest BCUT2D eigenvalue weighted by atomic mass is 79.9. The number of phenolic OH excluding ortho intramolecular Hbond substituents is 1. The first-order valence-electron chi connectivity index (χ1n) is 4.29. The van der Waals surface area contributed by atoms with E-state index in [-0.39, 0.29) is 11.4 Å². The zero-order valence-corrected chi connectivity index (χ0v) is 11.1. The molecule has 0 radical (unpaired) electrons. The Balaban J connectivity index is 2.61. The summed E-state index contributed by atoms with van der Waals surface area (Å²) in [5, 5.41) is 9.78. The molecular formula is C10H10Br2O2. The molecule has 1 N–H and O–H groups in total. The average Bonchev–Trinajstić information content (AvgIpc) is 2.38. The molecule has 0 aromatic heterocycles. The van der Waals surface area contributed by atoms with Crippen molar-refractivity contribution in [1.29, 1.82) is 0 Å². The molecule has 2 nitrogen and oxygen atoms in total. The zero-order valence-electron chi connectivity index (χ0n) is 7.90. The van der Waals surface area contributed by atoms with Gasteiger partial charge in [0.25, 0.3) is 0 Å². The maximum Gasteiger partial charge on any atom is 0.172 e. The van der Waals surface area contributed by atoms with Gasteiger partial charge in [-0.2, -0.15) is 0 Å². The van der Waals surface area contributed by atoms with E-state index in [1.165, 1.54) is 0 Å². The van der Waals surface area contributed by atoms with Crippen molar-refractivity contribution < 1.29 is 9.84 Å². The smallest absolute Gasteiger partial charge is 0.172 e. The lowest BCUT2D eigenvalue weighted by atomic mass is 10.0. The zero-order chi connectivity index (χ0) is 10.5. The summed E-state index contributed by atoms with van der Waals surface area (Å²) in [7, 11) is 0. The largest absolute Gasteiger partial charge is 0.503 e. The highest BCUT2D eigenvalue weighted by molar-refractivity contribution is 9.11. The van der Waals surface area contributed by atoms with Crippen LogP contribution in [0, 0.1) is 0 Å². The summed E-state index contributed by atoms with van der Waals surface area (Å²) in [4.78, 5) is 0. The molecule has 0 amide bonds. The molecule has 0 bridgehead atoms. The fourth-order valence-corrected chi connectivity index (χ4v) is 2.90. The minimum atomic E-state index is -0.233. The molecule has 1 aliphatic heterocycles. The van der Waals surface area contributed by atoms with Gasteiger partial charge in [0.1, 0.15) is 5.60 Å². The van der Waals surface area contributed by atoms with Crippen molar-refractivity contribution in [3.05, 3.63) is 20.6 Å². The summed E-state index contributed by atoms with van der Waals surface area (Å²) in [6, 6.07) is 1.85. The average molecular weight is 322 g/mol. The van der Waals surface area contributed by atoms with Gasteiger partial charge in [-0.1, -0.05) is 15.9 Å². The number of benzene rings is 1. The molecule has 1 aliphatic rings. The van der Waals surface area contributed by atoms with Crippen molar-refractivity contribution in [2.75, 3.05) is 0 Å². The minimum absolute atomic E-state index is 0.189. The van der Waals surface area contributed by atoms with Gasteiger partial charge in [0.2, 0.25) is 0 Å². The first-order valence-corrected chi connectivity index (χ1v) is 5.88. The number of hydrogen-bond donors (Lipinski definition) is 1. The molecule has 0 unspecified atom stereocenters. The Morgan fingerprint density at radius 1 is 1.36 bits per heavy atom. The van der Waals surface area contributed by atoms with Crippen LogP contribution in [0.1, 0.15) is 19.4 Å². The van der Waals surface area contributed by atoms with Gasteiger partial charge in [0.05, 0.1) is 4.47 Å². The van der Waals surface area contributed by atoms with Gasteiger partial charge in [-0.05, 0) is 35.8 Å². The third-order valence-corrected chi connectivity index (χ3v) is 3.55. The second-order valence-electron chi connectivity index (χ2n) is 4.04. The first kappa shape index (κ1) is 10.3. The quantitative estimate of drug-likeness (QED) is 0.790. The molecule has 76 valence electrons. The first-order chi connectivity index (χ1) is 6.41. The SMILES string of the molecule is CC1(C)Cc2c(Br)cc(Br)c(O)c2O1. The van der Waals surface area contributed by atoms with Crippen LogP contribution >= 0.6 is 31.9 Å². The van der Waals surface area contributed by atoms with Crippen LogP contribution in [0.3, 0.4) is 0 Å². The molecule has 1 aromatic carbocycles. The van der Waals surface area contributed by atoms with Crippen LogP contribution in [0.5, 0.6) is 11.5 Å². The Hall–Kier alpha value is -0.220. The van der Waals surface area contributed by atoms with E-state index in [2.05, 4.69) is 31.9 Å². The Morgan fingerprint density at radius 3 is 2.64 bits per heavy atom. The van der Waals surface area contributed by atoms with Gasteiger partial charge in [0.15, 0.2) is 11.5 Å². The Kier molecular flexibility index (Phi) is 2.31. The molecule has 0 fully saturated rings. The van der Waals surface area contributed by atoms with Crippen LogP contribution in [-0.4, -0.2) is 10.7 Å². The highest BCUT2D eigenvalue weighted by Crippen LogP contribution is 2.48. The van der Waals surface area contributed by atoms with E-state index in [0.717, 1.165) is 16.5 Å². The molecule has 2 rings (SSSR count). The van der Waals surface area contributed by atoms with Crippen molar-refractivity contribution in [3.8, 4) is 11.5 Å². The molecule has 4 heteroatoms. The number of aromatic hydroxyl groups is 1. The number of ether oxygens (including phenoxy) is 1. The van der Waals surface area contributed by atoms with Crippen LogP contribution < -0.4 is 4.74 Å². The standard InChI is InChI=1S/C10H10Br2O2/c1-10(2)4-5-6(11)3-7(12)8(13)9(5)14-10/h3,13H,4H2,1-2H3. The van der Waals surface area contributed by atoms with Crippen molar-refractivity contribution in [2.45, 2.75) is 25.9 Å². The summed E-state index contributed by atoms with van der Waals surface area (Å²) in [6.45, 7) is 4.01. The van der Waals surface area contributed by atoms with Crippen LogP contribution in [0.25, 0.3) is 0 Å². The van der Waals surface area contributed by atoms with E-state index in [1.54, 1.807) is 0 Å². The highest BCUT2D eigenvalue weighted by Gasteiger charge is 2.34. The number of hydrogen-bond acceptors (Lipinski definition) is 2. The molecule has 14 heavy (non-hydrogen) atoms. The monoisotopic (exact) mass is 320 g/mol. The summed E-state index contributed by atoms with van der Waals surface area (Å²) in [6.07, 6.45) is 0.809. The molecule has 0 atom stereocenters.